The first kappa shape index (κ1) is 38.1. The number of ether oxygens (including phenoxy) is 2. The summed E-state index contributed by atoms with van der Waals surface area (Å²) < 4.78 is 53.6. The summed E-state index contributed by atoms with van der Waals surface area (Å²) in [5.74, 6) is 0.269. The van der Waals surface area contributed by atoms with Gasteiger partial charge in [-0.2, -0.15) is 13.2 Å². The number of hydrogen-bond acceptors (Lipinski definition) is 5. The summed E-state index contributed by atoms with van der Waals surface area (Å²) in [5.41, 5.74) is 5.24. The highest BCUT2D eigenvalue weighted by molar-refractivity contribution is 5.93. The molecule has 7 aromatic carbocycles. The van der Waals surface area contributed by atoms with Gasteiger partial charge in [0.2, 0.25) is 0 Å². The monoisotopic (exact) mass is 774 g/mol. The number of halogens is 3. The van der Waals surface area contributed by atoms with Gasteiger partial charge >= 0.3 is 12.1 Å². The van der Waals surface area contributed by atoms with E-state index in [9.17, 15) is 13.2 Å². The number of carbonyl (C=O) groups is 1. The molecule has 0 saturated carbocycles. The summed E-state index contributed by atoms with van der Waals surface area (Å²) in [5, 5.41) is 3.27. The molecule has 0 spiro atoms. The van der Waals surface area contributed by atoms with Crippen LogP contribution in [0.1, 0.15) is 69.1 Å². The van der Waals surface area contributed by atoms with Crippen molar-refractivity contribution >= 4 is 23.0 Å². The van der Waals surface area contributed by atoms with Crippen LogP contribution in [0.5, 0.6) is 11.5 Å². The molecule has 1 unspecified atom stereocenters. The highest BCUT2D eigenvalue weighted by atomic mass is 19.4. The number of anilines is 3. The van der Waals surface area contributed by atoms with Gasteiger partial charge in [-0.05, 0) is 74.0 Å². The molecule has 1 atom stereocenters. The van der Waals surface area contributed by atoms with Crippen molar-refractivity contribution in [2.24, 2.45) is 0 Å². The van der Waals surface area contributed by atoms with Crippen LogP contribution in [0.25, 0.3) is 0 Å². The standard InChI is InChI=1S/C50H41F3N2O3/c1-3-55(4-2)40-29-30-43-46(33-40)57-45-31-28-39(54-38-26-24-37(25-27-38)50(51,52)53)32-44(45)47(43)41-22-14-15-23-42(41)48(56)58-49(34-16-8-5-9-17-34,35-18-10-6-11-19-35)36-20-12-7-13-21-36/h5-33,47,54H,3-4H2,1-2H3. The molecule has 1 aliphatic rings. The third-order valence-electron chi connectivity index (χ3n) is 10.8. The van der Waals surface area contributed by atoms with E-state index in [0.717, 1.165) is 58.7 Å². The lowest BCUT2D eigenvalue weighted by atomic mass is 9.79. The number of alkyl halides is 3. The van der Waals surface area contributed by atoms with Crippen molar-refractivity contribution < 1.29 is 27.4 Å². The molecule has 0 saturated heterocycles. The Morgan fingerprint density at radius 3 is 1.71 bits per heavy atom. The molecule has 1 aliphatic heterocycles. The van der Waals surface area contributed by atoms with Gasteiger partial charge in [-0.15, -0.1) is 0 Å². The third-order valence-corrected chi connectivity index (χ3v) is 10.8. The first-order valence-electron chi connectivity index (χ1n) is 19.3. The molecule has 0 radical (unpaired) electrons. The fourth-order valence-electron chi connectivity index (χ4n) is 7.93. The molecule has 0 aliphatic carbocycles. The van der Waals surface area contributed by atoms with Crippen LogP contribution in [0.3, 0.4) is 0 Å². The summed E-state index contributed by atoms with van der Waals surface area (Å²) in [4.78, 5) is 17.4. The Morgan fingerprint density at radius 2 is 1.14 bits per heavy atom. The van der Waals surface area contributed by atoms with E-state index >= 15 is 4.79 Å². The van der Waals surface area contributed by atoms with Crippen LogP contribution in [0, 0.1) is 0 Å². The molecular formula is C50H41F3N2O3. The molecule has 0 bridgehead atoms. The van der Waals surface area contributed by atoms with Crippen LogP contribution in [0.15, 0.2) is 176 Å². The second-order valence-corrected chi connectivity index (χ2v) is 14.1. The zero-order valence-corrected chi connectivity index (χ0v) is 32.0. The molecule has 58 heavy (non-hydrogen) atoms. The minimum absolute atomic E-state index is 0.382. The van der Waals surface area contributed by atoms with Gasteiger partial charge in [-0.3, -0.25) is 0 Å². The summed E-state index contributed by atoms with van der Waals surface area (Å²) in [7, 11) is 0. The SMILES string of the molecule is CCN(CC)c1ccc2c(c1)Oc1ccc(Nc3ccc(C(F)(F)F)cc3)cc1C2c1ccccc1C(=O)OC(c1ccccc1)(c1ccccc1)c1ccccc1. The summed E-state index contributed by atoms with van der Waals surface area (Å²) >= 11 is 0. The van der Waals surface area contributed by atoms with Crippen molar-refractivity contribution in [1.29, 1.82) is 0 Å². The number of fused-ring (bicyclic) bond motifs is 2. The van der Waals surface area contributed by atoms with E-state index < -0.39 is 29.2 Å². The van der Waals surface area contributed by atoms with Gasteiger partial charge in [-0.25, -0.2) is 4.79 Å². The Morgan fingerprint density at radius 1 is 0.586 bits per heavy atom. The topological polar surface area (TPSA) is 50.8 Å². The average molecular weight is 775 g/mol. The molecule has 290 valence electrons. The van der Waals surface area contributed by atoms with Gasteiger partial charge in [0.05, 0.1) is 11.1 Å². The zero-order chi connectivity index (χ0) is 40.3. The Bertz CT molecular complexity index is 2420. The first-order valence-corrected chi connectivity index (χ1v) is 19.3. The Labute approximate surface area is 336 Å². The minimum Gasteiger partial charge on any atom is -0.457 e. The largest absolute Gasteiger partial charge is 0.457 e. The number of nitrogens with zero attached hydrogens (tertiary/aromatic N) is 1. The van der Waals surface area contributed by atoms with Gasteiger partial charge < -0.3 is 19.7 Å². The highest BCUT2D eigenvalue weighted by Crippen LogP contribution is 2.51. The molecule has 1 N–H and O–H groups in total. The van der Waals surface area contributed by atoms with Crippen LogP contribution in [-0.4, -0.2) is 19.1 Å². The molecule has 8 heteroatoms. The number of benzene rings is 7. The van der Waals surface area contributed by atoms with Gasteiger partial charge in [0.25, 0.3) is 0 Å². The molecule has 0 fully saturated rings. The number of esters is 1. The van der Waals surface area contributed by atoms with E-state index in [2.05, 4.69) is 36.2 Å². The highest BCUT2D eigenvalue weighted by Gasteiger charge is 2.42. The normalized spacial score (nSPS) is 13.4. The van der Waals surface area contributed by atoms with Gasteiger partial charge in [0.15, 0.2) is 5.60 Å². The van der Waals surface area contributed by atoms with Crippen LogP contribution in [-0.2, 0) is 16.5 Å². The number of nitrogens with one attached hydrogen (secondary N) is 1. The maximum absolute atomic E-state index is 15.1. The van der Waals surface area contributed by atoms with Crippen LogP contribution in [0.4, 0.5) is 30.2 Å². The Kier molecular flexibility index (Phi) is 10.5. The maximum atomic E-state index is 15.1. The fraction of sp³-hybridized carbons (Fsp3) is 0.140. The van der Waals surface area contributed by atoms with Crippen molar-refractivity contribution in [3.63, 3.8) is 0 Å². The lowest BCUT2D eigenvalue weighted by Crippen LogP contribution is -2.35. The summed E-state index contributed by atoms with van der Waals surface area (Å²) in [6.07, 6.45) is -4.44. The van der Waals surface area contributed by atoms with Gasteiger partial charge in [-0.1, -0.05) is 115 Å². The van der Waals surface area contributed by atoms with Crippen molar-refractivity contribution in [3.05, 3.63) is 220 Å². The van der Waals surface area contributed by atoms with Crippen molar-refractivity contribution in [2.75, 3.05) is 23.3 Å². The quantitative estimate of drug-likeness (QED) is 0.105. The van der Waals surface area contributed by atoms with E-state index in [-0.39, 0.29) is 0 Å². The lowest BCUT2D eigenvalue weighted by molar-refractivity contribution is -0.137. The molecule has 1 heterocycles. The summed E-state index contributed by atoms with van der Waals surface area (Å²) in [6.45, 7) is 5.84. The third kappa shape index (κ3) is 7.29. The van der Waals surface area contributed by atoms with Crippen molar-refractivity contribution in [3.8, 4) is 11.5 Å². The molecular weight excluding hydrogens is 734 g/mol. The first-order chi connectivity index (χ1) is 28.2. The van der Waals surface area contributed by atoms with Gasteiger partial charge in [0.1, 0.15) is 11.5 Å². The molecule has 7 aromatic rings. The number of carbonyl (C=O) groups excluding carboxylic acids is 1. The fourth-order valence-corrected chi connectivity index (χ4v) is 7.93. The van der Waals surface area contributed by atoms with Gasteiger partial charge in [0, 0.05) is 70.0 Å². The average Bonchev–Trinajstić information content (AvgIpc) is 3.26. The second kappa shape index (κ2) is 16.0. The van der Waals surface area contributed by atoms with Crippen molar-refractivity contribution in [2.45, 2.75) is 31.5 Å². The minimum atomic E-state index is -4.44. The molecule has 0 aromatic heterocycles. The van der Waals surface area contributed by atoms with Crippen molar-refractivity contribution in [1.82, 2.24) is 0 Å². The predicted octanol–water partition coefficient (Wildman–Crippen LogP) is 12.7. The lowest BCUT2D eigenvalue weighted by Gasteiger charge is -2.36. The summed E-state index contributed by atoms with van der Waals surface area (Å²) in [6, 6.07) is 53.5. The van der Waals surface area contributed by atoms with Crippen LogP contribution >= 0.6 is 0 Å². The smallest absolute Gasteiger partial charge is 0.416 e. The Balaban J connectivity index is 1.26. The van der Waals surface area contributed by atoms with E-state index in [1.54, 1.807) is 6.07 Å². The van der Waals surface area contributed by atoms with Crippen LogP contribution < -0.4 is 15.0 Å². The zero-order valence-electron chi connectivity index (χ0n) is 32.0. The van der Waals surface area contributed by atoms with E-state index in [1.165, 1.54) is 12.1 Å². The maximum Gasteiger partial charge on any atom is 0.416 e. The van der Waals surface area contributed by atoms with E-state index in [1.807, 2.05) is 133 Å². The van der Waals surface area contributed by atoms with E-state index in [4.69, 9.17) is 9.47 Å². The van der Waals surface area contributed by atoms with Crippen LogP contribution in [0.2, 0.25) is 0 Å². The predicted molar refractivity (Wildman–Crippen MR) is 223 cm³/mol. The number of hydrogen-bond donors (Lipinski definition) is 1. The second-order valence-electron chi connectivity index (χ2n) is 14.1. The van der Waals surface area contributed by atoms with E-state index in [0.29, 0.717) is 34.0 Å². The number of rotatable bonds is 11. The molecule has 0 amide bonds. The Hall–Kier alpha value is -6.80. The molecule has 5 nitrogen and oxygen atoms in total. The molecule has 8 rings (SSSR count).